The van der Waals surface area contributed by atoms with Gasteiger partial charge < -0.3 is 15.0 Å². The van der Waals surface area contributed by atoms with E-state index in [0.29, 0.717) is 13.0 Å². The van der Waals surface area contributed by atoms with Crippen LogP contribution in [0.15, 0.2) is 71.6 Å². The fraction of sp³-hybridized carbons (Fsp3) is 0.375. The molecule has 0 saturated carbocycles. The van der Waals surface area contributed by atoms with Crippen LogP contribution in [0.25, 0.3) is 0 Å². The first-order chi connectivity index (χ1) is 19.9. The fourth-order valence-corrected chi connectivity index (χ4v) is 6.14. The van der Waals surface area contributed by atoms with Crippen molar-refractivity contribution >= 4 is 39.1 Å². The van der Waals surface area contributed by atoms with Crippen molar-refractivity contribution in [3.63, 3.8) is 0 Å². The Bertz CT molecular complexity index is 1490. The fourth-order valence-electron chi connectivity index (χ4n) is 4.56. The van der Waals surface area contributed by atoms with Crippen LogP contribution >= 0.6 is 11.6 Å². The number of nitrogens with one attached hydrogen (secondary N) is 1. The number of aryl methyl sites for hydroxylation is 2. The first-order valence-electron chi connectivity index (χ1n) is 13.9. The van der Waals surface area contributed by atoms with Crippen LogP contribution in [0.1, 0.15) is 43.9 Å². The number of hydrogen-bond acceptors (Lipinski definition) is 5. The van der Waals surface area contributed by atoms with Crippen LogP contribution in [-0.2, 0) is 26.2 Å². The summed E-state index contributed by atoms with van der Waals surface area (Å²) < 4.78 is 34.7. The lowest BCUT2D eigenvalue weighted by Crippen LogP contribution is -2.52. The monoisotopic (exact) mass is 613 g/mol. The number of sulfonamides is 1. The van der Waals surface area contributed by atoms with Crippen molar-refractivity contribution in [3.05, 3.63) is 88.4 Å². The molecule has 0 bridgehead atoms. The Balaban J connectivity index is 2.12. The molecular weight excluding hydrogens is 574 g/mol. The van der Waals surface area contributed by atoms with Gasteiger partial charge in [0.15, 0.2) is 0 Å². The molecule has 10 heteroatoms. The molecule has 0 aromatic heterocycles. The predicted octanol–water partition coefficient (Wildman–Crippen LogP) is 5.74. The number of benzene rings is 3. The average molecular weight is 614 g/mol. The molecule has 0 aliphatic heterocycles. The molecule has 0 fully saturated rings. The summed E-state index contributed by atoms with van der Waals surface area (Å²) in [6.45, 7) is 9.62. The molecule has 0 aliphatic rings. The molecule has 1 N–H and O–H groups in total. The Morgan fingerprint density at radius 1 is 0.976 bits per heavy atom. The Morgan fingerprint density at radius 3 is 2.26 bits per heavy atom. The summed E-state index contributed by atoms with van der Waals surface area (Å²) in [4.78, 5) is 29.1. The molecule has 0 heterocycles. The van der Waals surface area contributed by atoms with Crippen molar-refractivity contribution in [1.82, 2.24) is 10.2 Å². The molecule has 3 aromatic carbocycles. The second-order valence-electron chi connectivity index (χ2n) is 10.7. The molecule has 3 rings (SSSR count). The summed E-state index contributed by atoms with van der Waals surface area (Å²) in [5.41, 5.74) is 2.84. The quantitative estimate of drug-likeness (QED) is 0.265. The van der Waals surface area contributed by atoms with Gasteiger partial charge >= 0.3 is 0 Å². The van der Waals surface area contributed by atoms with E-state index in [9.17, 15) is 18.0 Å². The molecular formula is C32H40ClN3O5S. The third kappa shape index (κ3) is 8.26. The maximum atomic E-state index is 14.2. The van der Waals surface area contributed by atoms with Crippen LogP contribution in [0.3, 0.4) is 0 Å². The number of rotatable bonds is 13. The number of carbonyl (C=O) groups is 2. The second-order valence-corrected chi connectivity index (χ2v) is 13.0. The van der Waals surface area contributed by atoms with Gasteiger partial charge in [0.2, 0.25) is 11.8 Å². The molecule has 2 amide bonds. The van der Waals surface area contributed by atoms with Crippen LogP contribution in [0.5, 0.6) is 5.75 Å². The molecule has 0 radical (unpaired) electrons. The number of carbonyl (C=O) groups excluding carboxylic acids is 2. The maximum absolute atomic E-state index is 14.2. The average Bonchev–Trinajstić information content (AvgIpc) is 2.94. The number of anilines is 1. The number of hydrogen-bond donors (Lipinski definition) is 1. The number of amides is 2. The van der Waals surface area contributed by atoms with Gasteiger partial charge in [0, 0.05) is 18.1 Å². The zero-order chi connectivity index (χ0) is 31.0. The van der Waals surface area contributed by atoms with E-state index in [4.69, 9.17) is 16.3 Å². The molecule has 1 unspecified atom stereocenters. The largest absolute Gasteiger partial charge is 0.495 e. The third-order valence-electron chi connectivity index (χ3n) is 6.80. The molecule has 226 valence electrons. The summed E-state index contributed by atoms with van der Waals surface area (Å²) in [6, 6.07) is 17.8. The van der Waals surface area contributed by atoms with Crippen LogP contribution in [-0.4, -0.2) is 51.4 Å². The van der Waals surface area contributed by atoms with Gasteiger partial charge in [-0.1, -0.05) is 79.9 Å². The van der Waals surface area contributed by atoms with Gasteiger partial charge in [-0.3, -0.25) is 13.9 Å². The second kappa shape index (κ2) is 14.6. The van der Waals surface area contributed by atoms with Crippen molar-refractivity contribution in [3.8, 4) is 5.75 Å². The molecule has 1 atom stereocenters. The van der Waals surface area contributed by atoms with Crippen molar-refractivity contribution in [2.45, 2.75) is 58.5 Å². The van der Waals surface area contributed by atoms with Crippen molar-refractivity contribution in [2.75, 3.05) is 24.5 Å². The Kier molecular flexibility index (Phi) is 11.4. The van der Waals surface area contributed by atoms with Crippen LogP contribution < -0.4 is 14.4 Å². The van der Waals surface area contributed by atoms with Crippen LogP contribution in [0, 0.1) is 19.8 Å². The Hall–Kier alpha value is -3.56. The maximum Gasteiger partial charge on any atom is 0.264 e. The minimum absolute atomic E-state index is 0.00915. The van der Waals surface area contributed by atoms with E-state index in [-0.39, 0.29) is 39.7 Å². The van der Waals surface area contributed by atoms with Crippen molar-refractivity contribution in [1.29, 1.82) is 0 Å². The highest BCUT2D eigenvalue weighted by Gasteiger charge is 2.35. The molecule has 8 nitrogen and oxygen atoms in total. The summed E-state index contributed by atoms with van der Waals surface area (Å²) in [5.74, 6) is -0.381. The smallest absolute Gasteiger partial charge is 0.264 e. The standard InChI is InChI=1S/C32H40ClN3O5S/c1-7-28(32(38)34-19-22(2)3)35(20-25-10-8-9-24(5)17-25)31(37)21-36(29-18-26(33)13-16-30(29)41-6)42(39,40)27-14-11-23(4)12-15-27/h8-18,22,28H,7,19-21H2,1-6H3,(H,34,38). The highest BCUT2D eigenvalue weighted by Crippen LogP contribution is 2.35. The van der Waals surface area contributed by atoms with E-state index in [0.717, 1.165) is 21.0 Å². The number of halogens is 1. The summed E-state index contributed by atoms with van der Waals surface area (Å²) in [5, 5.41) is 3.21. The van der Waals surface area contributed by atoms with Gasteiger partial charge in [-0.15, -0.1) is 0 Å². The highest BCUT2D eigenvalue weighted by atomic mass is 35.5. The first-order valence-corrected chi connectivity index (χ1v) is 15.7. The lowest BCUT2D eigenvalue weighted by Gasteiger charge is -2.33. The molecule has 0 saturated heterocycles. The van der Waals surface area contributed by atoms with Gasteiger partial charge in [0.05, 0.1) is 17.7 Å². The third-order valence-corrected chi connectivity index (χ3v) is 8.81. The van der Waals surface area contributed by atoms with E-state index in [1.54, 1.807) is 24.3 Å². The molecule has 42 heavy (non-hydrogen) atoms. The van der Waals surface area contributed by atoms with E-state index in [1.165, 1.54) is 30.2 Å². The zero-order valence-corrected chi connectivity index (χ0v) is 26.6. The normalized spacial score (nSPS) is 12.1. The van der Waals surface area contributed by atoms with E-state index < -0.39 is 28.5 Å². The summed E-state index contributed by atoms with van der Waals surface area (Å²) >= 11 is 6.31. The minimum atomic E-state index is -4.26. The Labute approximate surface area is 254 Å². The summed E-state index contributed by atoms with van der Waals surface area (Å²) in [6.07, 6.45) is 0.340. The van der Waals surface area contributed by atoms with E-state index >= 15 is 0 Å². The van der Waals surface area contributed by atoms with Crippen molar-refractivity contribution < 1.29 is 22.7 Å². The van der Waals surface area contributed by atoms with Gasteiger partial charge in [0.25, 0.3) is 10.0 Å². The highest BCUT2D eigenvalue weighted by molar-refractivity contribution is 7.92. The molecule has 0 spiro atoms. The van der Waals surface area contributed by atoms with Gasteiger partial charge in [0.1, 0.15) is 18.3 Å². The lowest BCUT2D eigenvalue weighted by atomic mass is 10.1. The number of nitrogens with zero attached hydrogens (tertiary/aromatic N) is 2. The van der Waals surface area contributed by atoms with Gasteiger partial charge in [-0.2, -0.15) is 0 Å². The van der Waals surface area contributed by atoms with Crippen molar-refractivity contribution in [2.24, 2.45) is 5.92 Å². The lowest BCUT2D eigenvalue weighted by molar-refractivity contribution is -0.140. The SMILES string of the molecule is CCC(C(=O)NCC(C)C)N(Cc1cccc(C)c1)C(=O)CN(c1cc(Cl)ccc1OC)S(=O)(=O)c1ccc(C)cc1. The van der Waals surface area contributed by atoms with Crippen LogP contribution in [0.2, 0.25) is 5.02 Å². The molecule has 0 aliphatic carbocycles. The zero-order valence-electron chi connectivity index (χ0n) is 25.1. The van der Waals surface area contributed by atoms with E-state index in [2.05, 4.69) is 5.32 Å². The Morgan fingerprint density at radius 2 is 1.67 bits per heavy atom. The summed E-state index contributed by atoms with van der Waals surface area (Å²) in [7, 11) is -2.84. The number of methoxy groups -OCH3 is 1. The number of ether oxygens (including phenoxy) is 1. The van der Waals surface area contributed by atoms with Gasteiger partial charge in [-0.05, 0) is 62.1 Å². The topological polar surface area (TPSA) is 96.0 Å². The van der Waals surface area contributed by atoms with E-state index in [1.807, 2.05) is 58.9 Å². The van der Waals surface area contributed by atoms with Gasteiger partial charge in [-0.25, -0.2) is 8.42 Å². The minimum Gasteiger partial charge on any atom is -0.495 e. The van der Waals surface area contributed by atoms with Crippen LogP contribution in [0.4, 0.5) is 5.69 Å². The predicted molar refractivity (Wildman–Crippen MR) is 167 cm³/mol. The molecule has 3 aromatic rings. The first kappa shape index (κ1) is 32.9.